The molecule has 4 aromatic rings. The molecule has 2 atom stereocenters. The zero-order chi connectivity index (χ0) is 22.0. The molecule has 1 fully saturated rings. The van der Waals surface area contributed by atoms with Crippen molar-refractivity contribution in [1.29, 1.82) is 0 Å². The monoisotopic (exact) mass is 419 g/mol. The second-order valence-electron chi connectivity index (χ2n) is 8.40. The maximum absolute atomic E-state index is 11.9. The maximum Gasteiger partial charge on any atom is 0.360 e. The molecule has 5 heteroatoms. The van der Waals surface area contributed by atoms with Gasteiger partial charge in [0.1, 0.15) is 0 Å². The van der Waals surface area contributed by atoms with Gasteiger partial charge in [-0.25, -0.2) is 0 Å². The van der Waals surface area contributed by atoms with Gasteiger partial charge in [0, 0.05) is 17.0 Å². The Hall–Kier alpha value is -3.92. The molecule has 0 bridgehead atoms. The molecule has 5 nitrogen and oxygen atoms in total. The van der Waals surface area contributed by atoms with E-state index in [9.17, 15) is 4.79 Å². The van der Waals surface area contributed by atoms with Crippen molar-refractivity contribution in [2.75, 3.05) is 0 Å². The third-order valence-electron chi connectivity index (χ3n) is 6.08. The van der Waals surface area contributed by atoms with Crippen LogP contribution in [0.2, 0.25) is 0 Å². The van der Waals surface area contributed by atoms with Gasteiger partial charge < -0.3 is 5.73 Å². The molecule has 5 rings (SSSR count). The molecule has 0 heterocycles. The van der Waals surface area contributed by atoms with Crippen LogP contribution < -0.4 is 10.6 Å². The Morgan fingerprint density at radius 3 is 2.41 bits per heavy atom. The quantitative estimate of drug-likeness (QED) is 0.332. The first-order valence-electron chi connectivity index (χ1n) is 10.7. The van der Waals surface area contributed by atoms with E-state index in [2.05, 4.69) is 57.6 Å². The van der Waals surface area contributed by atoms with Crippen LogP contribution in [0.3, 0.4) is 0 Å². The van der Waals surface area contributed by atoms with E-state index in [1.807, 2.05) is 30.3 Å². The first kappa shape index (κ1) is 20.0. The van der Waals surface area contributed by atoms with Crippen molar-refractivity contribution >= 4 is 22.4 Å². The third kappa shape index (κ3) is 4.26. The predicted octanol–water partition coefficient (Wildman–Crippen LogP) is 5.71. The lowest BCUT2D eigenvalue weighted by molar-refractivity contribution is 0.0992. The highest BCUT2D eigenvalue weighted by Crippen LogP contribution is 2.51. The Morgan fingerprint density at radius 1 is 0.906 bits per heavy atom. The number of amides is 1. The van der Waals surface area contributed by atoms with Crippen LogP contribution in [-0.4, -0.2) is 11.4 Å². The van der Waals surface area contributed by atoms with Gasteiger partial charge in [-0.15, -0.1) is 0 Å². The molecule has 0 spiro atoms. The Bertz CT molecular complexity index is 1340. The standard InChI is InChI=1S/C27H23N4O/c28-27(17-19-10-11-20-6-4-5-9-23(20)16-19)18-25(27)21-12-14-24(15-13-21)29-31-30-26(32)22-7-2-1-3-8-22/h1-16,25H,17-18,28H2/q+1. The minimum Gasteiger partial charge on any atom is -0.324 e. The number of benzene rings is 4. The summed E-state index contributed by atoms with van der Waals surface area (Å²) in [5, 5.41) is 10.2. The number of fused-ring (bicyclic) bond motifs is 1. The maximum atomic E-state index is 11.9. The molecule has 2 N–H and O–H groups in total. The van der Waals surface area contributed by atoms with Crippen LogP contribution >= 0.6 is 0 Å². The van der Waals surface area contributed by atoms with E-state index in [1.54, 1.807) is 24.3 Å². The van der Waals surface area contributed by atoms with E-state index in [0.29, 0.717) is 17.2 Å². The van der Waals surface area contributed by atoms with Crippen LogP contribution in [0.1, 0.15) is 33.8 Å². The van der Waals surface area contributed by atoms with E-state index >= 15 is 0 Å². The van der Waals surface area contributed by atoms with E-state index in [0.717, 1.165) is 12.8 Å². The largest absolute Gasteiger partial charge is 0.360 e. The fourth-order valence-electron chi connectivity index (χ4n) is 4.22. The van der Waals surface area contributed by atoms with Crippen LogP contribution in [0.5, 0.6) is 0 Å². The Labute approximate surface area is 186 Å². The Balaban J connectivity index is 1.24. The summed E-state index contributed by atoms with van der Waals surface area (Å²) in [6.07, 6.45) is 1.81. The third-order valence-corrected chi connectivity index (χ3v) is 6.08. The summed E-state index contributed by atoms with van der Waals surface area (Å²) >= 11 is 0. The number of hydrogen-bond acceptors (Lipinski definition) is 3. The van der Waals surface area contributed by atoms with E-state index in [4.69, 9.17) is 5.73 Å². The fraction of sp³-hybridized carbons (Fsp3) is 0.148. The molecule has 1 aliphatic rings. The molecule has 156 valence electrons. The first-order chi connectivity index (χ1) is 15.6. The van der Waals surface area contributed by atoms with Crippen LogP contribution in [0.25, 0.3) is 10.8 Å². The van der Waals surface area contributed by atoms with Crippen LogP contribution in [0.15, 0.2) is 107 Å². The van der Waals surface area contributed by atoms with Gasteiger partial charge in [-0.05, 0) is 59.0 Å². The minimum absolute atomic E-state index is 0.219. The summed E-state index contributed by atoms with van der Waals surface area (Å²) in [6, 6.07) is 31.6. The number of nitrogens with zero attached hydrogens (tertiary/aromatic N) is 3. The number of hydrogen-bond donors (Lipinski definition) is 1. The fourth-order valence-corrected chi connectivity index (χ4v) is 4.22. The average molecular weight is 420 g/mol. The number of nitrogens with two attached hydrogens (primary N) is 1. The predicted molar refractivity (Wildman–Crippen MR) is 126 cm³/mol. The normalized spacial score (nSPS) is 19.2. The molecular weight excluding hydrogens is 396 g/mol. The average Bonchev–Trinajstić information content (AvgIpc) is 3.50. The molecule has 1 aliphatic carbocycles. The van der Waals surface area contributed by atoms with E-state index in [-0.39, 0.29) is 5.54 Å². The smallest absolute Gasteiger partial charge is 0.324 e. The molecular formula is C27H23N4O+. The zero-order valence-electron chi connectivity index (χ0n) is 17.6. The summed E-state index contributed by atoms with van der Waals surface area (Å²) in [6.45, 7) is 0. The van der Waals surface area contributed by atoms with Gasteiger partial charge in [0.2, 0.25) is 10.0 Å². The summed E-state index contributed by atoms with van der Waals surface area (Å²) in [5.74, 6) is -0.0881. The summed E-state index contributed by atoms with van der Waals surface area (Å²) in [5.41, 5.74) is 10.1. The van der Waals surface area contributed by atoms with Gasteiger partial charge in [-0.1, -0.05) is 72.8 Å². The number of rotatable bonds is 5. The number of carbonyl (C=O) groups is 1. The highest BCUT2D eigenvalue weighted by Gasteiger charge is 2.51. The SMILES string of the molecule is NC1(Cc2ccc3ccccc3c2)CC1c1ccc(N=[N+]=NC(=O)c2ccccc2)cc1. The zero-order valence-corrected chi connectivity index (χ0v) is 17.6. The molecule has 32 heavy (non-hydrogen) atoms. The van der Waals surface area contributed by atoms with Gasteiger partial charge in [0.15, 0.2) is 10.8 Å². The van der Waals surface area contributed by atoms with E-state index < -0.39 is 5.91 Å². The van der Waals surface area contributed by atoms with Gasteiger partial charge in [0.25, 0.3) is 0 Å². The van der Waals surface area contributed by atoms with Crippen LogP contribution in [0.4, 0.5) is 5.69 Å². The van der Waals surface area contributed by atoms with Gasteiger partial charge in [-0.3, -0.25) is 4.79 Å². The lowest BCUT2D eigenvalue weighted by atomic mass is 9.97. The molecule has 0 aromatic heterocycles. The van der Waals surface area contributed by atoms with Crippen LogP contribution in [-0.2, 0) is 6.42 Å². The van der Waals surface area contributed by atoms with E-state index in [1.165, 1.54) is 21.9 Å². The van der Waals surface area contributed by atoms with Gasteiger partial charge in [-0.2, -0.15) is 0 Å². The second-order valence-corrected chi connectivity index (χ2v) is 8.40. The Kier molecular flexibility index (Phi) is 5.20. The van der Waals surface area contributed by atoms with Crippen molar-refractivity contribution in [2.45, 2.75) is 24.3 Å². The molecule has 0 radical (unpaired) electrons. The minimum atomic E-state index is -0.412. The lowest BCUT2D eigenvalue weighted by Gasteiger charge is -2.13. The molecule has 0 saturated heterocycles. The van der Waals surface area contributed by atoms with Crippen molar-refractivity contribution in [2.24, 2.45) is 16.0 Å². The van der Waals surface area contributed by atoms with Crippen molar-refractivity contribution in [1.82, 2.24) is 4.91 Å². The first-order valence-corrected chi connectivity index (χ1v) is 10.7. The van der Waals surface area contributed by atoms with Gasteiger partial charge >= 0.3 is 5.91 Å². The number of carbonyl (C=O) groups excluding carboxylic acids is 1. The van der Waals surface area contributed by atoms with Crippen molar-refractivity contribution in [3.63, 3.8) is 0 Å². The molecule has 0 aliphatic heterocycles. The Morgan fingerprint density at radius 2 is 1.62 bits per heavy atom. The van der Waals surface area contributed by atoms with Crippen molar-refractivity contribution in [3.05, 3.63) is 114 Å². The van der Waals surface area contributed by atoms with Crippen molar-refractivity contribution < 1.29 is 4.79 Å². The molecule has 2 unspecified atom stereocenters. The lowest BCUT2D eigenvalue weighted by Crippen LogP contribution is -2.27. The highest BCUT2D eigenvalue weighted by atomic mass is 16.1. The topological polar surface area (TPSA) is 81.9 Å². The van der Waals surface area contributed by atoms with Crippen molar-refractivity contribution in [3.8, 4) is 0 Å². The molecule has 1 amide bonds. The molecule has 1 saturated carbocycles. The highest BCUT2D eigenvalue weighted by molar-refractivity contribution is 5.94. The summed E-state index contributed by atoms with van der Waals surface area (Å²) in [4.78, 5) is 15.6. The molecule has 4 aromatic carbocycles. The summed E-state index contributed by atoms with van der Waals surface area (Å²) in [7, 11) is 0. The summed E-state index contributed by atoms with van der Waals surface area (Å²) < 4.78 is 0. The van der Waals surface area contributed by atoms with Crippen LogP contribution in [0, 0.1) is 0 Å². The van der Waals surface area contributed by atoms with Gasteiger partial charge in [0.05, 0.1) is 0 Å². The second kappa shape index (κ2) is 8.31.